The highest BCUT2D eigenvalue weighted by Crippen LogP contribution is 2.21. The Bertz CT molecular complexity index is 740. The molecule has 0 fully saturated rings. The van der Waals surface area contributed by atoms with Gasteiger partial charge in [0.15, 0.2) is 0 Å². The van der Waals surface area contributed by atoms with Crippen molar-refractivity contribution in [2.45, 2.75) is 30.8 Å². The fraction of sp³-hybridized carbons (Fsp3) is 0.400. The molecule has 0 aliphatic rings. The summed E-state index contributed by atoms with van der Waals surface area (Å²) in [7, 11) is -0.131. The number of sulfonamides is 1. The summed E-state index contributed by atoms with van der Waals surface area (Å²) in [5.41, 5.74) is 2.01. The van der Waals surface area contributed by atoms with Crippen LogP contribution >= 0.6 is 0 Å². The first kappa shape index (κ1) is 16.7. The topological polar surface area (TPSA) is 76.0 Å². The molecule has 1 aromatic carbocycles. The van der Waals surface area contributed by atoms with Crippen LogP contribution in [-0.2, 0) is 17.1 Å². The maximum Gasteiger partial charge on any atom is 0.240 e. The van der Waals surface area contributed by atoms with Crippen molar-refractivity contribution in [3.63, 3.8) is 0 Å². The normalized spacial score (nSPS) is 14.7. The van der Waals surface area contributed by atoms with Crippen LogP contribution in [-0.4, -0.2) is 25.2 Å². The average molecular weight is 322 g/mol. The van der Waals surface area contributed by atoms with E-state index in [9.17, 15) is 8.42 Å². The summed E-state index contributed by atoms with van der Waals surface area (Å²) in [4.78, 5) is 0.273. The average Bonchev–Trinajstić information content (AvgIpc) is 2.94. The molecule has 0 saturated heterocycles. The van der Waals surface area contributed by atoms with Gasteiger partial charge in [0.1, 0.15) is 0 Å². The summed E-state index contributed by atoms with van der Waals surface area (Å²) in [6.07, 6.45) is 3.79. The summed E-state index contributed by atoms with van der Waals surface area (Å²) in [5.74, 6) is 0. The lowest BCUT2D eigenvalue weighted by Gasteiger charge is -2.20. The molecule has 7 heteroatoms. The fourth-order valence-electron chi connectivity index (χ4n) is 2.30. The number of nitrogens with one attached hydrogen (secondary N) is 2. The molecule has 1 heterocycles. The molecule has 0 spiro atoms. The van der Waals surface area contributed by atoms with Gasteiger partial charge in [-0.05, 0) is 38.6 Å². The van der Waals surface area contributed by atoms with Gasteiger partial charge in [-0.15, -0.1) is 0 Å². The fourth-order valence-corrected chi connectivity index (χ4v) is 3.08. The van der Waals surface area contributed by atoms with E-state index in [1.807, 2.05) is 32.4 Å². The summed E-state index contributed by atoms with van der Waals surface area (Å²) in [6.45, 7) is 4.07. The minimum Gasteiger partial charge on any atom is -0.304 e. The van der Waals surface area contributed by atoms with E-state index in [0.29, 0.717) is 0 Å². The molecule has 120 valence electrons. The van der Waals surface area contributed by atoms with Crippen LogP contribution in [0.2, 0.25) is 0 Å². The Morgan fingerprint density at radius 2 is 1.86 bits per heavy atom. The highest BCUT2D eigenvalue weighted by Gasteiger charge is 2.16. The third kappa shape index (κ3) is 3.73. The molecule has 1 aromatic heterocycles. The maximum absolute atomic E-state index is 11.9. The Hall–Kier alpha value is -1.70. The van der Waals surface area contributed by atoms with Crippen molar-refractivity contribution in [2.75, 3.05) is 7.05 Å². The Labute approximate surface area is 131 Å². The molecule has 2 atom stereocenters. The van der Waals surface area contributed by atoms with Crippen molar-refractivity contribution in [3.05, 3.63) is 47.8 Å². The maximum atomic E-state index is 11.9. The van der Waals surface area contributed by atoms with Gasteiger partial charge in [-0.2, -0.15) is 5.10 Å². The van der Waals surface area contributed by atoms with Gasteiger partial charge in [0.2, 0.25) is 10.0 Å². The van der Waals surface area contributed by atoms with Crippen molar-refractivity contribution in [1.82, 2.24) is 19.8 Å². The number of hydrogen-bond donors (Lipinski definition) is 2. The van der Waals surface area contributed by atoms with Gasteiger partial charge in [0, 0.05) is 30.9 Å². The van der Waals surface area contributed by atoms with Gasteiger partial charge in [0.05, 0.1) is 11.1 Å². The highest BCUT2D eigenvalue weighted by atomic mass is 32.2. The number of nitrogens with zero attached hydrogens (tertiary/aromatic N) is 2. The third-order valence-electron chi connectivity index (χ3n) is 3.66. The second-order valence-electron chi connectivity index (χ2n) is 5.34. The van der Waals surface area contributed by atoms with Crippen molar-refractivity contribution in [2.24, 2.45) is 7.05 Å². The van der Waals surface area contributed by atoms with E-state index in [2.05, 4.69) is 22.1 Å². The molecular formula is C15H22N4O2S. The van der Waals surface area contributed by atoms with E-state index < -0.39 is 10.0 Å². The van der Waals surface area contributed by atoms with Crippen LogP contribution in [0.1, 0.15) is 37.1 Å². The molecule has 0 amide bonds. The predicted molar refractivity (Wildman–Crippen MR) is 85.9 cm³/mol. The first-order valence-corrected chi connectivity index (χ1v) is 8.60. The first-order chi connectivity index (χ1) is 10.3. The minimum absolute atomic E-state index is 0.0159. The largest absolute Gasteiger partial charge is 0.304 e. The SMILES string of the molecule is CNS(=O)(=O)c1cccc(C(C)NC(C)c2cnn(C)c2)c1. The molecule has 0 saturated carbocycles. The Morgan fingerprint density at radius 1 is 1.18 bits per heavy atom. The summed E-state index contributed by atoms with van der Waals surface area (Å²) in [6, 6.07) is 7.09. The zero-order chi connectivity index (χ0) is 16.3. The Balaban J connectivity index is 2.16. The van der Waals surface area contributed by atoms with Crippen molar-refractivity contribution in [1.29, 1.82) is 0 Å². The summed E-state index contributed by atoms with van der Waals surface area (Å²) in [5, 5.41) is 7.62. The molecule has 0 radical (unpaired) electrons. The van der Waals surface area contributed by atoms with Gasteiger partial charge in [-0.3, -0.25) is 4.68 Å². The lowest BCUT2D eigenvalue weighted by atomic mass is 10.1. The minimum atomic E-state index is -3.42. The van der Waals surface area contributed by atoms with Crippen LogP contribution in [0.4, 0.5) is 0 Å². The molecule has 0 aliphatic carbocycles. The molecule has 22 heavy (non-hydrogen) atoms. The Kier molecular flexibility index (Phi) is 5.00. The summed E-state index contributed by atoms with van der Waals surface area (Å²) >= 11 is 0. The van der Waals surface area contributed by atoms with Crippen LogP contribution in [0.3, 0.4) is 0 Å². The van der Waals surface area contributed by atoms with E-state index in [4.69, 9.17) is 0 Å². The quantitative estimate of drug-likeness (QED) is 0.849. The van der Waals surface area contributed by atoms with E-state index in [0.717, 1.165) is 11.1 Å². The molecule has 2 unspecified atom stereocenters. The number of benzene rings is 1. The van der Waals surface area contributed by atoms with Crippen molar-refractivity contribution < 1.29 is 8.42 Å². The van der Waals surface area contributed by atoms with Crippen molar-refractivity contribution >= 4 is 10.0 Å². The predicted octanol–water partition coefficient (Wildman–Crippen LogP) is 1.74. The van der Waals surface area contributed by atoms with Crippen LogP contribution < -0.4 is 10.0 Å². The van der Waals surface area contributed by atoms with Gasteiger partial charge < -0.3 is 5.32 Å². The standard InChI is InChI=1S/C15H22N4O2S/c1-11(18-12(2)14-9-17-19(4)10-14)13-6-5-7-15(8-13)22(20,21)16-3/h5-12,16,18H,1-4H3. The smallest absolute Gasteiger partial charge is 0.240 e. The van der Waals surface area contributed by atoms with Gasteiger partial charge in [0.25, 0.3) is 0 Å². The third-order valence-corrected chi connectivity index (χ3v) is 5.07. The molecule has 2 aromatic rings. The number of hydrogen-bond acceptors (Lipinski definition) is 4. The van der Waals surface area contributed by atoms with Crippen LogP contribution in [0, 0.1) is 0 Å². The second-order valence-corrected chi connectivity index (χ2v) is 7.22. The van der Waals surface area contributed by atoms with Gasteiger partial charge >= 0.3 is 0 Å². The van der Waals surface area contributed by atoms with Crippen LogP contribution in [0.5, 0.6) is 0 Å². The zero-order valence-electron chi connectivity index (χ0n) is 13.2. The zero-order valence-corrected chi connectivity index (χ0v) is 14.1. The molecule has 0 aliphatic heterocycles. The number of rotatable bonds is 6. The lowest BCUT2D eigenvalue weighted by molar-refractivity contribution is 0.493. The first-order valence-electron chi connectivity index (χ1n) is 7.11. The number of aryl methyl sites for hydroxylation is 1. The summed E-state index contributed by atoms with van der Waals surface area (Å²) < 4.78 is 27.9. The van der Waals surface area contributed by atoms with E-state index >= 15 is 0 Å². The van der Waals surface area contributed by atoms with Crippen molar-refractivity contribution in [3.8, 4) is 0 Å². The monoisotopic (exact) mass is 322 g/mol. The molecular weight excluding hydrogens is 300 g/mol. The van der Waals surface area contributed by atoms with E-state index in [1.54, 1.807) is 22.9 Å². The highest BCUT2D eigenvalue weighted by molar-refractivity contribution is 7.89. The van der Waals surface area contributed by atoms with Gasteiger partial charge in [-0.25, -0.2) is 13.1 Å². The van der Waals surface area contributed by atoms with E-state index in [-0.39, 0.29) is 17.0 Å². The van der Waals surface area contributed by atoms with E-state index in [1.165, 1.54) is 7.05 Å². The van der Waals surface area contributed by atoms with Gasteiger partial charge in [-0.1, -0.05) is 12.1 Å². The second kappa shape index (κ2) is 6.60. The molecule has 2 rings (SSSR count). The molecule has 0 bridgehead atoms. The lowest BCUT2D eigenvalue weighted by Crippen LogP contribution is -2.23. The van der Waals surface area contributed by atoms with Crippen LogP contribution in [0.25, 0.3) is 0 Å². The Morgan fingerprint density at radius 3 is 2.45 bits per heavy atom. The molecule has 6 nitrogen and oxygen atoms in total. The molecule has 2 N–H and O–H groups in total. The van der Waals surface area contributed by atoms with Crippen LogP contribution in [0.15, 0.2) is 41.6 Å². The number of aromatic nitrogens is 2.